The maximum absolute atomic E-state index is 13.0. The minimum absolute atomic E-state index is 0.00773. The second-order valence-corrected chi connectivity index (χ2v) is 4.70. The zero-order valence-corrected chi connectivity index (χ0v) is 8.04. The molecule has 0 spiro atoms. The molecule has 1 aromatic carbocycles. The zero-order valence-electron chi connectivity index (χ0n) is 8.04. The van der Waals surface area contributed by atoms with Gasteiger partial charge in [-0.25, -0.2) is 4.39 Å². The lowest BCUT2D eigenvalue weighted by molar-refractivity contribution is 0.565. The number of hydrogen-bond donors (Lipinski definition) is 1. The molecule has 0 radical (unpaired) electrons. The van der Waals surface area contributed by atoms with Crippen LogP contribution in [0.2, 0.25) is 0 Å². The highest BCUT2D eigenvalue weighted by atomic mass is 19.1. The third-order valence-corrected chi connectivity index (χ3v) is 3.63. The van der Waals surface area contributed by atoms with Crippen molar-refractivity contribution in [1.29, 1.82) is 0 Å². The Bertz CT molecular complexity index is 372. The zero-order chi connectivity index (χ0) is 9.76. The number of nitrogens with two attached hydrogens (primary N) is 1. The molecule has 0 heterocycles. The Morgan fingerprint density at radius 3 is 2.79 bits per heavy atom. The largest absolute Gasteiger partial charge is 0.324 e. The molecule has 2 saturated carbocycles. The van der Waals surface area contributed by atoms with Gasteiger partial charge in [0.05, 0.1) is 0 Å². The fourth-order valence-electron chi connectivity index (χ4n) is 2.52. The van der Waals surface area contributed by atoms with Gasteiger partial charge in [-0.2, -0.15) is 0 Å². The lowest BCUT2D eigenvalue weighted by Gasteiger charge is -2.09. The van der Waals surface area contributed by atoms with Crippen molar-refractivity contribution in [2.75, 3.05) is 0 Å². The van der Waals surface area contributed by atoms with Crippen molar-refractivity contribution in [1.82, 2.24) is 0 Å². The maximum Gasteiger partial charge on any atom is 0.123 e. The maximum atomic E-state index is 13.0. The van der Waals surface area contributed by atoms with Gasteiger partial charge in [0.1, 0.15) is 5.82 Å². The van der Waals surface area contributed by atoms with Gasteiger partial charge in [0.2, 0.25) is 0 Å². The van der Waals surface area contributed by atoms with E-state index in [2.05, 4.69) is 0 Å². The standard InChI is InChI=1S/C12H14FN/c13-10-3-1-2-8(6-10)11-7-12(11,14)9-4-5-9/h1-3,6,9,11H,4-5,7,14H2. The number of halogens is 1. The van der Waals surface area contributed by atoms with Crippen LogP contribution in [0.15, 0.2) is 24.3 Å². The topological polar surface area (TPSA) is 26.0 Å². The van der Waals surface area contributed by atoms with Crippen LogP contribution in [0.1, 0.15) is 30.7 Å². The van der Waals surface area contributed by atoms with Crippen LogP contribution in [0.5, 0.6) is 0 Å². The first-order chi connectivity index (χ1) is 6.70. The molecule has 0 saturated heterocycles. The number of hydrogen-bond acceptors (Lipinski definition) is 1. The van der Waals surface area contributed by atoms with Gasteiger partial charge in [0.25, 0.3) is 0 Å². The highest BCUT2D eigenvalue weighted by molar-refractivity contribution is 5.35. The summed E-state index contributed by atoms with van der Waals surface area (Å²) in [6.45, 7) is 0. The second-order valence-electron chi connectivity index (χ2n) is 4.70. The van der Waals surface area contributed by atoms with Crippen molar-refractivity contribution >= 4 is 0 Å². The van der Waals surface area contributed by atoms with E-state index in [4.69, 9.17) is 5.73 Å². The fraction of sp³-hybridized carbons (Fsp3) is 0.500. The van der Waals surface area contributed by atoms with Gasteiger partial charge in [0, 0.05) is 11.5 Å². The van der Waals surface area contributed by atoms with E-state index < -0.39 is 0 Å². The van der Waals surface area contributed by atoms with Gasteiger partial charge in [0.15, 0.2) is 0 Å². The quantitative estimate of drug-likeness (QED) is 0.763. The fourth-order valence-corrected chi connectivity index (χ4v) is 2.52. The molecule has 3 rings (SSSR count). The SMILES string of the molecule is NC1(C2CC2)CC1c1cccc(F)c1. The highest BCUT2D eigenvalue weighted by Gasteiger charge is 2.59. The van der Waals surface area contributed by atoms with Gasteiger partial charge >= 0.3 is 0 Å². The van der Waals surface area contributed by atoms with E-state index in [1.54, 1.807) is 12.1 Å². The summed E-state index contributed by atoms with van der Waals surface area (Å²) >= 11 is 0. The lowest BCUT2D eigenvalue weighted by Crippen LogP contribution is -2.26. The summed E-state index contributed by atoms with van der Waals surface area (Å²) in [5, 5.41) is 0. The van der Waals surface area contributed by atoms with Crippen LogP contribution in [0, 0.1) is 11.7 Å². The van der Waals surface area contributed by atoms with Crippen molar-refractivity contribution < 1.29 is 4.39 Å². The summed E-state index contributed by atoms with van der Waals surface area (Å²) in [6.07, 6.45) is 3.58. The molecular weight excluding hydrogens is 177 g/mol. The molecule has 1 nitrogen and oxygen atoms in total. The molecule has 2 fully saturated rings. The predicted molar refractivity (Wildman–Crippen MR) is 53.4 cm³/mol. The van der Waals surface area contributed by atoms with E-state index >= 15 is 0 Å². The van der Waals surface area contributed by atoms with Crippen LogP contribution in [0.3, 0.4) is 0 Å². The highest BCUT2D eigenvalue weighted by Crippen LogP contribution is 2.60. The first kappa shape index (κ1) is 8.42. The second kappa shape index (κ2) is 2.57. The van der Waals surface area contributed by atoms with E-state index in [1.165, 1.54) is 18.9 Å². The molecule has 0 amide bonds. The van der Waals surface area contributed by atoms with E-state index in [0.29, 0.717) is 11.8 Å². The van der Waals surface area contributed by atoms with Crippen LogP contribution in [0.4, 0.5) is 4.39 Å². The molecule has 2 atom stereocenters. The van der Waals surface area contributed by atoms with Gasteiger partial charge < -0.3 is 5.73 Å². The number of benzene rings is 1. The normalized spacial score (nSPS) is 35.7. The third kappa shape index (κ3) is 1.17. The van der Waals surface area contributed by atoms with Crippen molar-refractivity contribution in [3.8, 4) is 0 Å². The Kier molecular flexibility index (Phi) is 1.55. The minimum atomic E-state index is -0.146. The predicted octanol–water partition coefficient (Wildman–Crippen LogP) is 2.42. The Balaban J connectivity index is 1.85. The van der Waals surface area contributed by atoms with Crippen LogP contribution in [-0.4, -0.2) is 5.54 Å². The smallest absolute Gasteiger partial charge is 0.123 e. The molecule has 2 aliphatic carbocycles. The van der Waals surface area contributed by atoms with Gasteiger partial charge in [-0.15, -0.1) is 0 Å². The van der Waals surface area contributed by atoms with Gasteiger partial charge in [-0.3, -0.25) is 0 Å². The summed E-state index contributed by atoms with van der Waals surface area (Å²) < 4.78 is 13.0. The van der Waals surface area contributed by atoms with Crippen LogP contribution in [-0.2, 0) is 0 Å². The Morgan fingerprint density at radius 1 is 1.36 bits per heavy atom. The molecule has 2 N–H and O–H groups in total. The van der Waals surface area contributed by atoms with Crippen molar-refractivity contribution in [3.63, 3.8) is 0 Å². The summed E-state index contributed by atoms with van der Waals surface area (Å²) in [6, 6.07) is 6.88. The van der Waals surface area contributed by atoms with E-state index in [0.717, 1.165) is 12.0 Å². The van der Waals surface area contributed by atoms with Crippen molar-refractivity contribution in [2.45, 2.75) is 30.7 Å². The van der Waals surface area contributed by atoms with Crippen LogP contribution in [0.25, 0.3) is 0 Å². The number of rotatable bonds is 2. The minimum Gasteiger partial charge on any atom is -0.324 e. The first-order valence-corrected chi connectivity index (χ1v) is 5.24. The Hall–Kier alpha value is -0.890. The van der Waals surface area contributed by atoms with Crippen LogP contribution >= 0.6 is 0 Å². The molecular formula is C12H14FN. The third-order valence-electron chi connectivity index (χ3n) is 3.63. The molecule has 2 unspecified atom stereocenters. The average Bonchev–Trinajstić information content (AvgIpc) is 2.95. The van der Waals surface area contributed by atoms with Crippen LogP contribution < -0.4 is 5.73 Å². The van der Waals surface area contributed by atoms with E-state index in [-0.39, 0.29) is 11.4 Å². The summed E-state index contributed by atoms with van der Waals surface area (Å²) in [7, 11) is 0. The molecule has 0 bridgehead atoms. The monoisotopic (exact) mass is 191 g/mol. The molecule has 0 aliphatic heterocycles. The van der Waals surface area contributed by atoms with Crippen molar-refractivity contribution in [2.24, 2.45) is 11.7 Å². The summed E-state index contributed by atoms with van der Waals surface area (Å²) in [5.74, 6) is 0.967. The summed E-state index contributed by atoms with van der Waals surface area (Å²) in [4.78, 5) is 0. The molecule has 74 valence electrons. The van der Waals surface area contributed by atoms with Crippen molar-refractivity contribution in [3.05, 3.63) is 35.6 Å². The average molecular weight is 191 g/mol. The van der Waals surface area contributed by atoms with E-state index in [1.807, 2.05) is 6.07 Å². The van der Waals surface area contributed by atoms with Gasteiger partial charge in [-0.1, -0.05) is 12.1 Å². The molecule has 0 aromatic heterocycles. The molecule has 2 aliphatic rings. The Morgan fingerprint density at radius 2 is 2.14 bits per heavy atom. The molecule has 2 heteroatoms. The van der Waals surface area contributed by atoms with Gasteiger partial charge in [-0.05, 0) is 42.9 Å². The lowest BCUT2D eigenvalue weighted by atomic mass is 10.0. The first-order valence-electron chi connectivity index (χ1n) is 5.24. The Labute approximate surface area is 83.1 Å². The van der Waals surface area contributed by atoms with E-state index in [9.17, 15) is 4.39 Å². The molecule has 14 heavy (non-hydrogen) atoms. The summed E-state index contributed by atoms with van der Waals surface area (Å²) in [5.41, 5.74) is 7.35. The molecule has 1 aromatic rings.